The molecule has 0 aromatic heterocycles. The molecule has 1 amide bonds. The average molecular weight is 434 g/mol. The lowest BCUT2D eigenvalue weighted by atomic mass is 10.1. The molecule has 3 aromatic rings. The van der Waals surface area contributed by atoms with E-state index in [2.05, 4.69) is 5.32 Å². The Bertz CT molecular complexity index is 1170. The van der Waals surface area contributed by atoms with Gasteiger partial charge in [0.15, 0.2) is 6.61 Å². The number of anilines is 1. The van der Waals surface area contributed by atoms with Crippen molar-refractivity contribution in [2.24, 2.45) is 0 Å². The number of rotatable bonds is 7. The van der Waals surface area contributed by atoms with E-state index in [0.29, 0.717) is 16.9 Å². The number of esters is 1. The van der Waals surface area contributed by atoms with Crippen LogP contribution >= 0.6 is 0 Å². The fraction of sp³-hybridized carbons (Fsp3) is 0.167. The molecule has 8 nitrogen and oxygen atoms in total. The molecule has 0 fully saturated rings. The number of nitrogens with zero attached hydrogens (tertiary/aromatic N) is 1. The first-order valence-corrected chi connectivity index (χ1v) is 9.80. The molecule has 0 heterocycles. The monoisotopic (exact) mass is 434 g/mol. The van der Waals surface area contributed by atoms with Crippen LogP contribution in [0.15, 0.2) is 60.7 Å². The van der Waals surface area contributed by atoms with Crippen LogP contribution in [0.4, 0.5) is 11.4 Å². The normalized spacial score (nSPS) is 10.3. The summed E-state index contributed by atoms with van der Waals surface area (Å²) in [5.74, 6) is -0.294. The van der Waals surface area contributed by atoms with Crippen molar-refractivity contribution in [1.82, 2.24) is 0 Å². The van der Waals surface area contributed by atoms with Gasteiger partial charge in [-0.15, -0.1) is 0 Å². The van der Waals surface area contributed by atoms with Gasteiger partial charge < -0.3 is 14.8 Å². The molecule has 0 bridgehead atoms. The lowest BCUT2D eigenvalue weighted by Gasteiger charge is -2.10. The van der Waals surface area contributed by atoms with Crippen molar-refractivity contribution in [1.29, 1.82) is 0 Å². The Morgan fingerprint density at radius 1 is 0.938 bits per heavy atom. The fourth-order valence-corrected chi connectivity index (χ4v) is 2.95. The van der Waals surface area contributed by atoms with Crippen LogP contribution < -0.4 is 14.8 Å². The van der Waals surface area contributed by atoms with Gasteiger partial charge in [0.05, 0.1) is 4.92 Å². The zero-order chi connectivity index (χ0) is 23.3. The van der Waals surface area contributed by atoms with Gasteiger partial charge in [-0.1, -0.05) is 12.1 Å². The van der Waals surface area contributed by atoms with Crippen molar-refractivity contribution in [2.45, 2.75) is 20.8 Å². The molecule has 3 rings (SSSR count). The molecule has 32 heavy (non-hydrogen) atoms. The molecule has 0 aliphatic heterocycles. The molecule has 0 radical (unpaired) electrons. The first-order valence-electron chi connectivity index (χ1n) is 9.80. The number of non-ortho nitro benzene ring substituents is 1. The van der Waals surface area contributed by atoms with Crippen molar-refractivity contribution in [3.63, 3.8) is 0 Å². The summed E-state index contributed by atoms with van der Waals surface area (Å²) in [6, 6.07) is 16.1. The van der Waals surface area contributed by atoms with E-state index in [4.69, 9.17) is 9.47 Å². The predicted molar refractivity (Wildman–Crippen MR) is 119 cm³/mol. The molecule has 0 saturated heterocycles. The van der Waals surface area contributed by atoms with E-state index in [-0.39, 0.29) is 24.0 Å². The highest BCUT2D eigenvalue weighted by Crippen LogP contribution is 2.23. The van der Waals surface area contributed by atoms with E-state index < -0.39 is 10.9 Å². The Morgan fingerprint density at radius 3 is 2.31 bits per heavy atom. The Balaban J connectivity index is 1.56. The zero-order valence-corrected chi connectivity index (χ0v) is 17.9. The van der Waals surface area contributed by atoms with Crippen LogP contribution in [0.25, 0.3) is 0 Å². The maximum Gasteiger partial charge on any atom is 0.349 e. The topological polar surface area (TPSA) is 108 Å². The summed E-state index contributed by atoms with van der Waals surface area (Å²) in [5, 5.41) is 13.7. The van der Waals surface area contributed by atoms with E-state index in [1.807, 2.05) is 32.0 Å². The molecule has 0 unspecified atom stereocenters. The third-order valence-electron chi connectivity index (χ3n) is 4.70. The number of ether oxygens (including phenoxy) is 2. The number of carbonyl (C=O) groups is 2. The van der Waals surface area contributed by atoms with Crippen molar-refractivity contribution in [3.8, 4) is 11.5 Å². The molecule has 0 saturated carbocycles. The molecule has 0 aliphatic rings. The van der Waals surface area contributed by atoms with Crippen LogP contribution in [-0.4, -0.2) is 23.4 Å². The Morgan fingerprint density at radius 2 is 1.66 bits per heavy atom. The van der Waals surface area contributed by atoms with Crippen LogP contribution in [0.2, 0.25) is 0 Å². The lowest BCUT2D eigenvalue weighted by molar-refractivity contribution is -0.384. The van der Waals surface area contributed by atoms with Gasteiger partial charge in [0.1, 0.15) is 11.5 Å². The smallest absolute Gasteiger partial charge is 0.349 e. The van der Waals surface area contributed by atoms with Gasteiger partial charge in [-0.25, -0.2) is 4.79 Å². The highest BCUT2D eigenvalue weighted by Gasteiger charge is 2.13. The van der Waals surface area contributed by atoms with Gasteiger partial charge >= 0.3 is 5.97 Å². The molecule has 0 atom stereocenters. The summed E-state index contributed by atoms with van der Waals surface area (Å²) in [5.41, 5.74) is 3.63. The summed E-state index contributed by atoms with van der Waals surface area (Å²) in [7, 11) is 0. The number of nitro benzene ring substituents is 1. The van der Waals surface area contributed by atoms with Crippen molar-refractivity contribution < 1.29 is 24.0 Å². The minimum absolute atomic E-state index is 0.0564. The van der Waals surface area contributed by atoms with E-state index >= 15 is 0 Å². The number of nitrogens with one attached hydrogen (secondary N) is 1. The molecule has 3 aromatic carbocycles. The molecule has 0 aliphatic carbocycles. The van der Waals surface area contributed by atoms with Gasteiger partial charge in [0.25, 0.3) is 11.6 Å². The number of hydrogen-bond donors (Lipinski definition) is 1. The van der Waals surface area contributed by atoms with Crippen molar-refractivity contribution >= 4 is 23.3 Å². The predicted octanol–water partition coefficient (Wildman–Crippen LogP) is 4.76. The zero-order valence-electron chi connectivity index (χ0n) is 17.9. The van der Waals surface area contributed by atoms with E-state index in [0.717, 1.165) is 16.8 Å². The third kappa shape index (κ3) is 5.69. The second kappa shape index (κ2) is 9.74. The van der Waals surface area contributed by atoms with Gasteiger partial charge in [-0.05, 0) is 73.9 Å². The van der Waals surface area contributed by atoms with Gasteiger partial charge in [0, 0.05) is 23.4 Å². The summed E-state index contributed by atoms with van der Waals surface area (Å²) in [6.45, 7) is 5.14. The maximum atomic E-state index is 12.5. The first kappa shape index (κ1) is 22.5. The van der Waals surface area contributed by atoms with Crippen molar-refractivity contribution in [3.05, 3.63) is 93.0 Å². The second-order valence-corrected chi connectivity index (χ2v) is 7.27. The molecular weight excluding hydrogens is 412 g/mol. The number of nitro groups is 1. The van der Waals surface area contributed by atoms with E-state index in [9.17, 15) is 19.7 Å². The van der Waals surface area contributed by atoms with Crippen molar-refractivity contribution in [2.75, 3.05) is 11.9 Å². The van der Waals surface area contributed by atoms with E-state index in [1.165, 1.54) is 30.3 Å². The maximum absolute atomic E-state index is 12.5. The van der Waals surface area contributed by atoms with Gasteiger partial charge in [0.2, 0.25) is 0 Å². The molecule has 0 spiro atoms. The fourth-order valence-electron chi connectivity index (χ4n) is 2.95. The van der Waals surface area contributed by atoms with Crippen LogP contribution in [0, 0.1) is 30.9 Å². The van der Waals surface area contributed by atoms with Crippen LogP contribution in [0.5, 0.6) is 11.5 Å². The number of carbonyl (C=O) groups excluding carboxylic acids is 2. The lowest BCUT2D eigenvalue weighted by Crippen LogP contribution is -2.18. The highest BCUT2D eigenvalue weighted by molar-refractivity contribution is 6.04. The summed E-state index contributed by atoms with van der Waals surface area (Å²) in [4.78, 5) is 34.8. The number of aryl methyl sites for hydroxylation is 3. The quantitative estimate of drug-likeness (QED) is 0.249. The summed E-state index contributed by atoms with van der Waals surface area (Å²) < 4.78 is 10.6. The first-order chi connectivity index (χ1) is 15.2. The summed E-state index contributed by atoms with van der Waals surface area (Å²) in [6.07, 6.45) is 0. The van der Waals surface area contributed by atoms with E-state index in [1.54, 1.807) is 19.1 Å². The van der Waals surface area contributed by atoms with Crippen LogP contribution in [0.3, 0.4) is 0 Å². The Hall–Kier alpha value is -4.20. The average Bonchev–Trinajstić information content (AvgIpc) is 2.75. The van der Waals surface area contributed by atoms with Crippen LogP contribution in [-0.2, 0) is 4.79 Å². The van der Waals surface area contributed by atoms with Crippen LogP contribution in [0.1, 0.15) is 27.0 Å². The Labute approximate surface area is 184 Å². The Kier molecular flexibility index (Phi) is 6.84. The number of hydrogen-bond acceptors (Lipinski definition) is 6. The molecule has 1 N–H and O–H groups in total. The summed E-state index contributed by atoms with van der Waals surface area (Å²) >= 11 is 0. The largest absolute Gasteiger partial charge is 0.482 e. The molecule has 164 valence electrons. The third-order valence-corrected chi connectivity index (χ3v) is 4.70. The highest BCUT2D eigenvalue weighted by atomic mass is 16.6. The number of benzene rings is 3. The molecule has 8 heteroatoms. The molecular formula is C24H22N2O6. The van der Waals surface area contributed by atoms with Gasteiger partial charge in [-0.2, -0.15) is 0 Å². The standard InChI is InChI=1S/C24H22N2O6/c1-15-4-5-16(2)21(12-15)25-24(28)18-6-9-20(10-7-18)32-23(27)14-31-22-11-8-19(26(29)30)13-17(22)3/h4-13H,14H2,1-3H3,(H,25,28). The minimum atomic E-state index is -0.643. The second-order valence-electron chi connectivity index (χ2n) is 7.27. The number of amides is 1. The minimum Gasteiger partial charge on any atom is -0.482 e. The van der Waals surface area contributed by atoms with Gasteiger partial charge in [-0.3, -0.25) is 14.9 Å². The SMILES string of the molecule is Cc1ccc(C)c(NC(=O)c2ccc(OC(=O)COc3ccc([N+](=O)[O-])cc3C)cc2)c1.